The highest BCUT2D eigenvalue weighted by atomic mass is 19.1. The van der Waals surface area contributed by atoms with Crippen molar-refractivity contribution in [1.82, 2.24) is 4.90 Å². The lowest BCUT2D eigenvalue weighted by atomic mass is 9.85. The molecule has 3 aromatic carbocycles. The van der Waals surface area contributed by atoms with Gasteiger partial charge in [0.05, 0.1) is 6.04 Å². The molecule has 1 N–H and O–H groups in total. The highest BCUT2D eigenvalue weighted by Gasteiger charge is 2.27. The molecule has 3 aromatic rings. The summed E-state index contributed by atoms with van der Waals surface area (Å²) in [4.78, 5) is 30.0. The number of carbonyl (C=O) groups is 2. The predicted octanol–water partition coefficient (Wildman–Crippen LogP) is 6.03. The minimum absolute atomic E-state index is 0.0464. The van der Waals surface area contributed by atoms with Gasteiger partial charge in [0.1, 0.15) is 5.82 Å². The zero-order chi connectivity index (χ0) is 24.9. The molecule has 0 bridgehead atoms. The Labute approximate surface area is 206 Å². The van der Waals surface area contributed by atoms with Gasteiger partial charge >= 0.3 is 0 Å². The fourth-order valence-electron chi connectivity index (χ4n) is 4.41. The monoisotopic (exact) mass is 473 g/mol. The van der Waals surface area contributed by atoms with Gasteiger partial charge in [-0.1, -0.05) is 42.8 Å². The van der Waals surface area contributed by atoms with Crippen molar-refractivity contribution in [3.63, 3.8) is 0 Å². The Kier molecular flexibility index (Phi) is 7.49. The van der Waals surface area contributed by atoms with Crippen LogP contribution in [0.2, 0.25) is 0 Å². The molecule has 182 valence electrons. The van der Waals surface area contributed by atoms with E-state index in [2.05, 4.69) is 5.32 Å². The number of amides is 2. The number of rotatable bonds is 8. The van der Waals surface area contributed by atoms with E-state index in [9.17, 15) is 14.0 Å². The van der Waals surface area contributed by atoms with E-state index < -0.39 is 5.82 Å². The van der Waals surface area contributed by atoms with Gasteiger partial charge < -0.3 is 15.1 Å². The van der Waals surface area contributed by atoms with E-state index >= 15 is 0 Å². The summed E-state index contributed by atoms with van der Waals surface area (Å²) in [7, 11) is 3.90. The second-order valence-corrected chi connectivity index (χ2v) is 9.39. The van der Waals surface area contributed by atoms with E-state index in [4.69, 9.17) is 0 Å². The van der Waals surface area contributed by atoms with Gasteiger partial charge in [-0.2, -0.15) is 0 Å². The minimum Gasteiger partial charge on any atom is -0.377 e. The van der Waals surface area contributed by atoms with Crippen LogP contribution < -0.4 is 10.2 Å². The van der Waals surface area contributed by atoms with E-state index in [-0.39, 0.29) is 23.8 Å². The molecule has 6 heteroatoms. The molecule has 0 radical (unpaired) electrons. The fraction of sp³-hybridized carbons (Fsp3) is 0.310. The Morgan fingerprint density at radius 2 is 1.74 bits per heavy atom. The van der Waals surface area contributed by atoms with Crippen LogP contribution in [0.15, 0.2) is 72.8 Å². The maximum Gasteiger partial charge on any atom is 0.254 e. The first kappa shape index (κ1) is 24.5. The molecule has 2 amide bonds. The number of benzene rings is 3. The standard InChI is InChI=1S/C29H32FN3O2/c1-20(21-9-5-4-6-10-21)33(29(35)23-13-8-14-25(30)17-23)19-24-18-26(15-16-27(24)32(2)3)31-28(34)22-11-7-12-22/h4-6,8-10,13-18,20,22H,7,11-12,19H2,1-3H3,(H,31,34). The van der Waals surface area contributed by atoms with Crippen molar-refractivity contribution >= 4 is 23.2 Å². The van der Waals surface area contributed by atoms with Gasteiger partial charge in [0.25, 0.3) is 5.91 Å². The van der Waals surface area contributed by atoms with Crippen LogP contribution in [0, 0.1) is 11.7 Å². The van der Waals surface area contributed by atoms with E-state index in [1.807, 2.05) is 74.4 Å². The average molecular weight is 474 g/mol. The van der Waals surface area contributed by atoms with E-state index in [1.54, 1.807) is 17.0 Å². The van der Waals surface area contributed by atoms with E-state index in [0.717, 1.165) is 36.1 Å². The largest absolute Gasteiger partial charge is 0.377 e. The van der Waals surface area contributed by atoms with Crippen LogP contribution in [0.25, 0.3) is 0 Å². The summed E-state index contributed by atoms with van der Waals surface area (Å²) < 4.78 is 14.0. The summed E-state index contributed by atoms with van der Waals surface area (Å²) in [6.45, 7) is 2.27. The quantitative estimate of drug-likeness (QED) is 0.434. The number of hydrogen-bond donors (Lipinski definition) is 1. The van der Waals surface area contributed by atoms with Gasteiger partial charge in [-0.05, 0) is 67.3 Å². The lowest BCUT2D eigenvalue weighted by molar-refractivity contribution is -0.122. The van der Waals surface area contributed by atoms with Gasteiger partial charge in [-0.15, -0.1) is 0 Å². The number of nitrogens with zero attached hydrogens (tertiary/aromatic N) is 2. The zero-order valence-electron chi connectivity index (χ0n) is 20.5. The molecule has 1 saturated carbocycles. The number of carbonyl (C=O) groups excluding carboxylic acids is 2. The lowest BCUT2D eigenvalue weighted by Gasteiger charge is -2.32. The van der Waals surface area contributed by atoms with Crippen LogP contribution in [-0.2, 0) is 11.3 Å². The molecule has 0 heterocycles. The Morgan fingerprint density at radius 3 is 2.37 bits per heavy atom. The summed E-state index contributed by atoms with van der Waals surface area (Å²) in [6, 6.07) is 21.1. The smallest absolute Gasteiger partial charge is 0.254 e. The summed E-state index contributed by atoms with van der Waals surface area (Å²) in [5.41, 5.74) is 3.85. The minimum atomic E-state index is -0.446. The maximum atomic E-state index is 14.0. The molecule has 1 fully saturated rings. The van der Waals surface area contributed by atoms with Crippen molar-refractivity contribution in [3.8, 4) is 0 Å². The van der Waals surface area contributed by atoms with Gasteiger partial charge in [0.2, 0.25) is 5.91 Å². The third kappa shape index (κ3) is 5.70. The van der Waals surface area contributed by atoms with Crippen LogP contribution in [0.1, 0.15) is 53.7 Å². The molecular weight excluding hydrogens is 441 g/mol. The van der Waals surface area contributed by atoms with Crippen LogP contribution in [0.3, 0.4) is 0 Å². The first-order chi connectivity index (χ1) is 16.8. The molecular formula is C29H32FN3O2. The molecule has 0 spiro atoms. The Balaban J connectivity index is 1.69. The highest BCUT2D eigenvalue weighted by Crippen LogP contribution is 2.31. The molecule has 5 nitrogen and oxygen atoms in total. The third-order valence-electron chi connectivity index (χ3n) is 6.73. The summed E-state index contributed by atoms with van der Waals surface area (Å²) >= 11 is 0. The molecule has 0 aliphatic heterocycles. The van der Waals surface area contributed by atoms with Crippen molar-refractivity contribution in [1.29, 1.82) is 0 Å². The van der Waals surface area contributed by atoms with Gasteiger partial charge in [0.15, 0.2) is 0 Å². The van der Waals surface area contributed by atoms with Crippen LogP contribution >= 0.6 is 0 Å². The van der Waals surface area contributed by atoms with E-state index in [0.29, 0.717) is 17.8 Å². The van der Waals surface area contributed by atoms with Gasteiger partial charge in [0, 0.05) is 43.5 Å². The summed E-state index contributed by atoms with van der Waals surface area (Å²) in [5.74, 6) is -0.575. The summed E-state index contributed by atoms with van der Waals surface area (Å²) in [6.07, 6.45) is 2.95. The zero-order valence-corrected chi connectivity index (χ0v) is 20.5. The van der Waals surface area contributed by atoms with Crippen LogP contribution in [-0.4, -0.2) is 30.8 Å². The molecule has 1 aliphatic carbocycles. The predicted molar refractivity (Wildman–Crippen MR) is 138 cm³/mol. The van der Waals surface area contributed by atoms with E-state index in [1.165, 1.54) is 12.1 Å². The lowest BCUT2D eigenvalue weighted by Crippen LogP contribution is -2.34. The first-order valence-corrected chi connectivity index (χ1v) is 12.1. The molecule has 1 atom stereocenters. The Morgan fingerprint density at radius 1 is 1.00 bits per heavy atom. The van der Waals surface area contributed by atoms with Crippen LogP contribution in [0.5, 0.6) is 0 Å². The fourth-order valence-corrected chi connectivity index (χ4v) is 4.41. The Hall–Kier alpha value is -3.67. The van der Waals surface area contributed by atoms with Crippen molar-refractivity contribution in [2.24, 2.45) is 5.92 Å². The molecule has 0 saturated heterocycles. The topological polar surface area (TPSA) is 52.7 Å². The normalized spacial score (nSPS) is 14.1. The van der Waals surface area contributed by atoms with Gasteiger partial charge in [-0.3, -0.25) is 9.59 Å². The van der Waals surface area contributed by atoms with Crippen molar-refractivity contribution in [2.75, 3.05) is 24.3 Å². The molecule has 35 heavy (non-hydrogen) atoms. The number of hydrogen-bond acceptors (Lipinski definition) is 3. The second-order valence-electron chi connectivity index (χ2n) is 9.39. The Bertz CT molecular complexity index is 1190. The number of anilines is 2. The third-order valence-corrected chi connectivity index (χ3v) is 6.73. The molecule has 4 rings (SSSR count). The summed E-state index contributed by atoms with van der Waals surface area (Å²) in [5, 5.41) is 3.04. The van der Waals surface area contributed by atoms with Gasteiger partial charge in [-0.25, -0.2) is 4.39 Å². The first-order valence-electron chi connectivity index (χ1n) is 12.1. The molecule has 0 aromatic heterocycles. The van der Waals surface area contributed by atoms with Crippen molar-refractivity contribution in [2.45, 2.75) is 38.8 Å². The van der Waals surface area contributed by atoms with Crippen molar-refractivity contribution in [3.05, 3.63) is 95.3 Å². The maximum absolute atomic E-state index is 14.0. The highest BCUT2D eigenvalue weighted by molar-refractivity contribution is 5.95. The van der Waals surface area contributed by atoms with Crippen LogP contribution in [0.4, 0.5) is 15.8 Å². The second kappa shape index (κ2) is 10.7. The SMILES string of the molecule is CC(c1ccccc1)N(Cc1cc(NC(=O)C2CCC2)ccc1N(C)C)C(=O)c1cccc(F)c1. The van der Waals surface area contributed by atoms with Crippen molar-refractivity contribution < 1.29 is 14.0 Å². The molecule has 1 aliphatic rings. The number of nitrogens with one attached hydrogen (secondary N) is 1. The average Bonchev–Trinajstić information content (AvgIpc) is 2.81. The number of halogens is 1. The molecule has 1 unspecified atom stereocenters.